The fraction of sp³-hybridized carbons (Fsp3) is 0.462. The first-order valence-electron chi connectivity index (χ1n) is 6.20. The number of aromatic nitrogens is 2. The molecular formula is C13H16N2O4. The number of nitrogens with zero attached hydrogens (tertiary/aromatic N) is 2. The molecule has 0 aliphatic heterocycles. The van der Waals surface area contributed by atoms with Crippen LogP contribution in [0.2, 0.25) is 0 Å². The number of carboxylic acids is 1. The van der Waals surface area contributed by atoms with Gasteiger partial charge in [0.05, 0.1) is 17.2 Å². The molecule has 19 heavy (non-hydrogen) atoms. The highest BCUT2D eigenvalue weighted by molar-refractivity contribution is 5.74. The second kappa shape index (κ2) is 5.26. The molecule has 0 atom stereocenters. The highest BCUT2D eigenvalue weighted by atomic mass is 16.5. The normalized spacial score (nSPS) is 11.7. The third kappa shape index (κ3) is 2.52. The van der Waals surface area contributed by atoms with Crippen molar-refractivity contribution in [2.75, 3.05) is 0 Å². The van der Waals surface area contributed by atoms with E-state index in [1.807, 2.05) is 13.8 Å². The Labute approximate surface area is 110 Å². The molecule has 6 nitrogen and oxygen atoms in total. The molecule has 2 rings (SSSR count). The summed E-state index contributed by atoms with van der Waals surface area (Å²) in [5, 5.41) is 13.2. The molecule has 1 N–H and O–H groups in total. The Kier molecular flexibility index (Phi) is 3.69. The lowest BCUT2D eigenvalue weighted by Crippen LogP contribution is -2.32. The van der Waals surface area contributed by atoms with Gasteiger partial charge in [-0.1, -0.05) is 19.0 Å². The first-order valence-corrected chi connectivity index (χ1v) is 6.20. The van der Waals surface area contributed by atoms with E-state index < -0.39 is 11.4 Å². The quantitative estimate of drug-likeness (QED) is 0.862. The Morgan fingerprint density at radius 1 is 1.42 bits per heavy atom. The lowest BCUT2D eigenvalue weighted by atomic mass is 9.79. The summed E-state index contributed by atoms with van der Waals surface area (Å²) in [6, 6.07) is 1.72. The van der Waals surface area contributed by atoms with Gasteiger partial charge >= 0.3 is 5.97 Å². The van der Waals surface area contributed by atoms with Crippen molar-refractivity contribution >= 4 is 5.97 Å². The number of aliphatic carboxylic acids is 1. The Bertz CT molecular complexity index is 541. The average Bonchev–Trinajstić information content (AvgIpc) is 3.06. The molecule has 0 aromatic carbocycles. The van der Waals surface area contributed by atoms with Crippen molar-refractivity contribution in [1.82, 2.24) is 10.1 Å². The summed E-state index contributed by atoms with van der Waals surface area (Å²) in [6.45, 7) is 3.70. The van der Waals surface area contributed by atoms with E-state index in [9.17, 15) is 9.90 Å². The molecule has 2 aromatic heterocycles. The molecule has 0 aliphatic rings. The van der Waals surface area contributed by atoms with Gasteiger partial charge in [-0.2, -0.15) is 4.98 Å². The molecule has 0 bridgehead atoms. The van der Waals surface area contributed by atoms with E-state index >= 15 is 0 Å². The SMILES string of the molecule is CCC(CC)(Cc1nc(-c2ccoc2)no1)C(=O)O. The largest absolute Gasteiger partial charge is 0.481 e. The first kappa shape index (κ1) is 13.3. The maximum atomic E-state index is 11.4. The van der Waals surface area contributed by atoms with Crippen LogP contribution in [0.5, 0.6) is 0 Å². The zero-order valence-corrected chi connectivity index (χ0v) is 10.9. The topological polar surface area (TPSA) is 89.4 Å². The number of furan rings is 1. The smallest absolute Gasteiger partial charge is 0.310 e. The van der Waals surface area contributed by atoms with Gasteiger partial charge in [0.2, 0.25) is 11.7 Å². The molecule has 6 heteroatoms. The van der Waals surface area contributed by atoms with Gasteiger partial charge in [-0.25, -0.2) is 0 Å². The number of carbonyl (C=O) groups is 1. The van der Waals surface area contributed by atoms with Crippen LogP contribution in [-0.4, -0.2) is 21.2 Å². The van der Waals surface area contributed by atoms with E-state index in [1.54, 1.807) is 6.07 Å². The van der Waals surface area contributed by atoms with E-state index in [4.69, 9.17) is 8.94 Å². The Morgan fingerprint density at radius 3 is 2.68 bits per heavy atom. The van der Waals surface area contributed by atoms with Crippen molar-refractivity contribution in [2.45, 2.75) is 33.1 Å². The van der Waals surface area contributed by atoms with Crippen molar-refractivity contribution in [2.24, 2.45) is 5.41 Å². The zero-order chi connectivity index (χ0) is 13.9. The van der Waals surface area contributed by atoms with E-state index in [0.717, 1.165) is 0 Å². The van der Waals surface area contributed by atoms with Crippen molar-refractivity contribution in [3.05, 3.63) is 24.5 Å². The van der Waals surface area contributed by atoms with Gasteiger partial charge in [-0.05, 0) is 18.9 Å². The molecule has 2 aromatic rings. The van der Waals surface area contributed by atoms with E-state index in [1.165, 1.54) is 12.5 Å². The van der Waals surface area contributed by atoms with Crippen LogP contribution in [0.3, 0.4) is 0 Å². The maximum Gasteiger partial charge on any atom is 0.310 e. The van der Waals surface area contributed by atoms with Crippen LogP contribution in [-0.2, 0) is 11.2 Å². The first-order chi connectivity index (χ1) is 9.11. The van der Waals surface area contributed by atoms with Gasteiger partial charge in [0.15, 0.2) is 0 Å². The molecule has 0 amide bonds. The van der Waals surface area contributed by atoms with Gasteiger partial charge in [0, 0.05) is 6.42 Å². The summed E-state index contributed by atoms with van der Waals surface area (Å²) in [5.41, 5.74) is -0.135. The minimum absolute atomic E-state index is 0.236. The third-order valence-electron chi connectivity index (χ3n) is 3.54. The van der Waals surface area contributed by atoms with Crippen molar-refractivity contribution < 1.29 is 18.8 Å². The number of hydrogen-bond donors (Lipinski definition) is 1. The van der Waals surface area contributed by atoms with Crippen LogP contribution >= 0.6 is 0 Å². The molecule has 0 aliphatic carbocycles. The Morgan fingerprint density at radius 2 is 2.16 bits per heavy atom. The molecule has 0 unspecified atom stereocenters. The molecule has 0 saturated carbocycles. The summed E-state index contributed by atoms with van der Waals surface area (Å²) in [6.07, 6.45) is 4.30. The second-order valence-electron chi connectivity index (χ2n) is 4.49. The average molecular weight is 264 g/mol. The summed E-state index contributed by atoms with van der Waals surface area (Å²) < 4.78 is 10.1. The molecular weight excluding hydrogens is 248 g/mol. The highest BCUT2D eigenvalue weighted by Crippen LogP contribution is 2.31. The lowest BCUT2D eigenvalue weighted by molar-refractivity contribution is -0.149. The Hall–Kier alpha value is -2.11. The molecule has 0 saturated heterocycles. The fourth-order valence-corrected chi connectivity index (χ4v) is 2.00. The number of rotatable bonds is 6. The second-order valence-corrected chi connectivity index (χ2v) is 4.49. The fourth-order valence-electron chi connectivity index (χ4n) is 2.00. The van der Waals surface area contributed by atoms with Crippen LogP contribution in [0, 0.1) is 5.41 Å². The molecule has 0 fully saturated rings. The minimum atomic E-state index is -0.847. The summed E-state index contributed by atoms with van der Waals surface area (Å²) in [4.78, 5) is 15.6. The van der Waals surface area contributed by atoms with Crippen LogP contribution in [0.4, 0.5) is 0 Å². The van der Waals surface area contributed by atoms with E-state index in [-0.39, 0.29) is 6.42 Å². The van der Waals surface area contributed by atoms with Crippen LogP contribution in [0.15, 0.2) is 27.5 Å². The van der Waals surface area contributed by atoms with Gasteiger partial charge in [0.25, 0.3) is 0 Å². The van der Waals surface area contributed by atoms with Crippen molar-refractivity contribution in [3.8, 4) is 11.4 Å². The number of carboxylic acid groups (broad SMARTS) is 1. The van der Waals surface area contributed by atoms with E-state index in [0.29, 0.717) is 30.1 Å². The van der Waals surface area contributed by atoms with Gasteiger partial charge in [0.1, 0.15) is 6.26 Å². The molecule has 0 radical (unpaired) electrons. The van der Waals surface area contributed by atoms with Gasteiger partial charge in [-0.15, -0.1) is 0 Å². The zero-order valence-electron chi connectivity index (χ0n) is 10.9. The standard InChI is InChI=1S/C13H16N2O4/c1-3-13(4-2,12(16)17)7-10-14-11(15-19-10)9-5-6-18-8-9/h5-6,8H,3-4,7H2,1-2H3,(H,16,17). The van der Waals surface area contributed by atoms with Crippen molar-refractivity contribution in [3.63, 3.8) is 0 Å². The van der Waals surface area contributed by atoms with Gasteiger partial charge < -0.3 is 14.0 Å². The third-order valence-corrected chi connectivity index (χ3v) is 3.54. The van der Waals surface area contributed by atoms with Crippen molar-refractivity contribution in [1.29, 1.82) is 0 Å². The maximum absolute atomic E-state index is 11.4. The minimum Gasteiger partial charge on any atom is -0.481 e. The summed E-state index contributed by atoms with van der Waals surface area (Å²) >= 11 is 0. The highest BCUT2D eigenvalue weighted by Gasteiger charge is 2.37. The molecule has 0 spiro atoms. The van der Waals surface area contributed by atoms with Crippen LogP contribution in [0.25, 0.3) is 11.4 Å². The monoisotopic (exact) mass is 264 g/mol. The Balaban J connectivity index is 2.22. The lowest BCUT2D eigenvalue weighted by Gasteiger charge is -2.24. The van der Waals surface area contributed by atoms with Crippen LogP contribution in [0.1, 0.15) is 32.6 Å². The summed E-state index contributed by atoms with van der Waals surface area (Å²) in [7, 11) is 0. The van der Waals surface area contributed by atoms with E-state index in [2.05, 4.69) is 10.1 Å². The molecule has 2 heterocycles. The predicted molar refractivity (Wildman–Crippen MR) is 66.4 cm³/mol. The van der Waals surface area contributed by atoms with Gasteiger partial charge in [-0.3, -0.25) is 4.79 Å². The predicted octanol–water partition coefficient (Wildman–Crippen LogP) is 2.76. The number of hydrogen-bond acceptors (Lipinski definition) is 5. The van der Waals surface area contributed by atoms with Crippen LogP contribution < -0.4 is 0 Å². The molecule has 102 valence electrons. The summed E-state index contributed by atoms with van der Waals surface area (Å²) in [5.74, 6) is -0.0851.